The molecule has 4 aliphatic rings. The van der Waals surface area contributed by atoms with Gasteiger partial charge in [0.15, 0.2) is 0 Å². The number of carbonyl (C=O) groups excluding carboxylic acids is 3. The highest BCUT2D eigenvalue weighted by Crippen LogP contribution is 2.51. The molecule has 224 valence electrons. The average Bonchev–Trinajstić information content (AvgIpc) is 3.45. The Morgan fingerprint density at radius 2 is 1.69 bits per heavy atom. The van der Waals surface area contributed by atoms with E-state index < -0.39 is 34.4 Å². The molecule has 3 atom stereocenters. The van der Waals surface area contributed by atoms with Gasteiger partial charge in [-0.25, -0.2) is 13.6 Å². The largest absolute Gasteiger partial charge is 0.426 e. The van der Waals surface area contributed by atoms with Gasteiger partial charge in [0, 0.05) is 23.9 Å². The summed E-state index contributed by atoms with van der Waals surface area (Å²) in [6.45, 7) is 0.966. The maximum Gasteiger partial charge on any atom is 0.426 e. The van der Waals surface area contributed by atoms with E-state index in [-0.39, 0.29) is 29.6 Å². The third-order valence-electron chi connectivity index (χ3n) is 10.1. The van der Waals surface area contributed by atoms with E-state index in [1.807, 2.05) is 4.90 Å². The van der Waals surface area contributed by atoms with Crippen LogP contribution in [0.2, 0.25) is 0 Å². The fraction of sp³-hybridized carbons (Fsp3) is 0.516. The molecule has 2 aromatic rings. The molecule has 11 heteroatoms. The Labute approximate surface area is 240 Å². The third kappa shape index (κ3) is 4.46. The molecule has 4 amide bonds. The minimum absolute atomic E-state index is 0.0333. The highest BCUT2D eigenvalue weighted by atomic mass is 19.4. The summed E-state index contributed by atoms with van der Waals surface area (Å²) in [6, 6.07) is 9.41. The summed E-state index contributed by atoms with van der Waals surface area (Å²) in [5.74, 6) is -1.11. The van der Waals surface area contributed by atoms with Crippen LogP contribution in [0.3, 0.4) is 0 Å². The normalized spacial score (nSPS) is 30.4. The van der Waals surface area contributed by atoms with Crippen molar-refractivity contribution < 1.29 is 36.3 Å². The molecule has 2 aromatic carbocycles. The van der Waals surface area contributed by atoms with Crippen molar-refractivity contribution in [2.45, 2.75) is 87.1 Å². The van der Waals surface area contributed by atoms with E-state index in [9.17, 15) is 36.3 Å². The Hall–Kier alpha value is -3.50. The quantitative estimate of drug-likeness (QED) is 0.372. The van der Waals surface area contributed by atoms with Crippen molar-refractivity contribution in [2.75, 3.05) is 6.54 Å². The lowest BCUT2D eigenvalue weighted by Crippen LogP contribution is -2.53. The molecule has 6 rings (SSSR count). The fourth-order valence-corrected chi connectivity index (χ4v) is 7.73. The summed E-state index contributed by atoms with van der Waals surface area (Å²) in [5, 5.41) is 5.00. The molecular formula is C31H32F5N3O3. The zero-order valence-corrected chi connectivity index (χ0v) is 23.1. The second kappa shape index (κ2) is 9.77. The number of hydrogen-bond acceptors (Lipinski definition) is 3. The molecular weight excluding hydrogens is 557 g/mol. The lowest BCUT2D eigenvalue weighted by Gasteiger charge is -2.45. The van der Waals surface area contributed by atoms with Crippen LogP contribution in [0.5, 0.6) is 0 Å². The molecule has 1 saturated carbocycles. The number of likely N-dealkylation sites (tertiary alicyclic amines) is 1. The highest BCUT2D eigenvalue weighted by molar-refractivity contribution is 6.07. The molecule has 2 N–H and O–H groups in total. The van der Waals surface area contributed by atoms with Crippen molar-refractivity contribution in [2.24, 2.45) is 5.92 Å². The van der Waals surface area contributed by atoms with Crippen LogP contribution in [0.25, 0.3) is 0 Å². The number of halogens is 5. The van der Waals surface area contributed by atoms with Crippen LogP contribution in [-0.4, -0.2) is 47.0 Å². The van der Waals surface area contributed by atoms with Gasteiger partial charge >= 0.3 is 12.2 Å². The van der Waals surface area contributed by atoms with Crippen molar-refractivity contribution in [3.8, 4) is 0 Å². The van der Waals surface area contributed by atoms with Gasteiger partial charge in [-0.1, -0.05) is 30.3 Å². The Morgan fingerprint density at radius 1 is 1.00 bits per heavy atom. The zero-order chi connectivity index (χ0) is 30.1. The second-order valence-corrected chi connectivity index (χ2v) is 12.4. The number of benzene rings is 2. The number of urea groups is 1. The van der Waals surface area contributed by atoms with Crippen molar-refractivity contribution >= 4 is 17.8 Å². The predicted octanol–water partition coefficient (Wildman–Crippen LogP) is 5.37. The monoisotopic (exact) mass is 589 g/mol. The average molecular weight is 590 g/mol. The van der Waals surface area contributed by atoms with Gasteiger partial charge in [0.05, 0.1) is 0 Å². The first kappa shape index (κ1) is 28.6. The molecule has 1 unspecified atom stereocenters. The molecule has 2 aliphatic carbocycles. The first-order valence-electron chi connectivity index (χ1n) is 14.3. The van der Waals surface area contributed by atoms with E-state index in [4.69, 9.17) is 0 Å². The molecule has 2 aliphatic heterocycles. The Kier molecular flexibility index (Phi) is 6.66. The molecule has 1 spiro atoms. The summed E-state index contributed by atoms with van der Waals surface area (Å²) in [5.41, 5.74) is -3.30. The van der Waals surface area contributed by atoms with Crippen molar-refractivity contribution in [1.82, 2.24) is 15.5 Å². The van der Waals surface area contributed by atoms with Crippen LogP contribution in [-0.2, 0) is 33.5 Å². The molecule has 0 bridgehead atoms. The fourth-order valence-electron chi connectivity index (χ4n) is 7.73. The summed E-state index contributed by atoms with van der Waals surface area (Å²) in [4.78, 5) is 39.9. The van der Waals surface area contributed by atoms with Crippen LogP contribution in [0.4, 0.5) is 26.7 Å². The number of rotatable bonds is 4. The minimum atomic E-state index is -5.07. The maximum atomic E-state index is 14.9. The van der Waals surface area contributed by atoms with Crippen LogP contribution in [0.15, 0.2) is 42.5 Å². The minimum Gasteiger partial charge on any atom is -0.339 e. The number of alkyl halides is 4. The SMILES string of the molecule is CC(F)(c1ccc2c(c1)CC[C@H]1N(C(=O)C3CCC4(CC3)NC(=O)NC4=O)CC[C@@]21Cc1ccc(F)cc1)C(F)(F)F. The van der Waals surface area contributed by atoms with Crippen LogP contribution in [0, 0.1) is 11.7 Å². The zero-order valence-electron chi connectivity index (χ0n) is 23.1. The van der Waals surface area contributed by atoms with E-state index in [1.165, 1.54) is 24.3 Å². The van der Waals surface area contributed by atoms with Gasteiger partial charge in [0.2, 0.25) is 11.6 Å². The highest BCUT2D eigenvalue weighted by Gasteiger charge is 2.57. The molecule has 0 aromatic heterocycles. The van der Waals surface area contributed by atoms with Gasteiger partial charge < -0.3 is 10.2 Å². The number of fused-ring (bicyclic) bond motifs is 3. The van der Waals surface area contributed by atoms with Gasteiger partial charge in [-0.3, -0.25) is 14.9 Å². The number of imide groups is 1. The number of carbonyl (C=O) groups is 3. The molecule has 3 fully saturated rings. The Morgan fingerprint density at radius 3 is 2.31 bits per heavy atom. The van der Waals surface area contributed by atoms with Gasteiger partial charge in [-0.15, -0.1) is 0 Å². The summed E-state index contributed by atoms with van der Waals surface area (Å²) < 4.78 is 69.2. The standard InChI is InChI=1S/C31H32F5N3O3/c1-28(33,31(34,35)36)21-5-8-23-20(16-21)4-9-24-29(23,17-18-2-6-22(32)7-3-18)14-15-39(24)25(40)19-10-12-30(13-11-19)26(41)37-27(42)38-30/h2-3,5-8,16,19,24H,4,9-15,17H2,1H3,(H2,37,38,41,42)/t19?,24-,28?,29-,30?/m1/s1. The number of amides is 4. The number of nitrogens with one attached hydrogen (secondary N) is 2. The number of nitrogens with zero attached hydrogens (tertiary/aromatic N) is 1. The van der Waals surface area contributed by atoms with Crippen LogP contribution >= 0.6 is 0 Å². The second-order valence-electron chi connectivity index (χ2n) is 12.4. The lowest BCUT2D eigenvalue weighted by molar-refractivity contribution is -0.228. The van der Waals surface area contributed by atoms with E-state index in [0.29, 0.717) is 70.4 Å². The van der Waals surface area contributed by atoms with E-state index in [2.05, 4.69) is 10.6 Å². The van der Waals surface area contributed by atoms with Crippen molar-refractivity contribution in [1.29, 1.82) is 0 Å². The summed E-state index contributed by atoms with van der Waals surface area (Å²) in [7, 11) is 0. The molecule has 2 saturated heterocycles. The Bertz CT molecular complexity index is 1430. The van der Waals surface area contributed by atoms with Gasteiger partial charge in [-0.2, -0.15) is 13.2 Å². The van der Waals surface area contributed by atoms with Gasteiger partial charge in [0.1, 0.15) is 11.4 Å². The lowest BCUT2D eigenvalue weighted by atomic mass is 9.63. The summed E-state index contributed by atoms with van der Waals surface area (Å²) in [6.07, 6.45) is -1.61. The maximum absolute atomic E-state index is 14.9. The van der Waals surface area contributed by atoms with Crippen molar-refractivity contribution in [3.05, 3.63) is 70.5 Å². The van der Waals surface area contributed by atoms with Crippen LogP contribution < -0.4 is 10.6 Å². The van der Waals surface area contributed by atoms with E-state index >= 15 is 0 Å². The molecule has 2 heterocycles. The third-order valence-corrected chi connectivity index (χ3v) is 10.1. The number of hydrogen-bond donors (Lipinski definition) is 2. The smallest absolute Gasteiger partial charge is 0.339 e. The van der Waals surface area contributed by atoms with Gasteiger partial charge in [0.25, 0.3) is 5.91 Å². The summed E-state index contributed by atoms with van der Waals surface area (Å²) >= 11 is 0. The van der Waals surface area contributed by atoms with Crippen molar-refractivity contribution in [3.63, 3.8) is 0 Å². The van der Waals surface area contributed by atoms with Gasteiger partial charge in [-0.05, 0) is 92.7 Å². The first-order chi connectivity index (χ1) is 19.8. The number of aryl methyl sites for hydroxylation is 1. The molecule has 42 heavy (non-hydrogen) atoms. The Balaban J connectivity index is 1.31. The molecule has 0 radical (unpaired) electrons. The van der Waals surface area contributed by atoms with E-state index in [0.717, 1.165) is 11.1 Å². The first-order valence-corrected chi connectivity index (χ1v) is 14.3. The topological polar surface area (TPSA) is 78.5 Å². The van der Waals surface area contributed by atoms with Crippen LogP contribution in [0.1, 0.15) is 67.7 Å². The predicted molar refractivity (Wildman–Crippen MR) is 143 cm³/mol. The van der Waals surface area contributed by atoms with E-state index in [1.54, 1.807) is 18.2 Å². The molecule has 6 nitrogen and oxygen atoms in total.